The van der Waals surface area contributed by atoms with Crippen molar-refractivity contribution in [1.82, 2.24) is 0 Å². The number of alkyl halides is 15. The van der Waals surface area contributed by atoms with Crippen molar-refractivity contribution in [3.8, 4) is 0 Å². The number of Topliss-reactive ketones (excluding diaryl/α,β-unsaturated/α-hetero) is 1. The summed E-state index contributed by atoms with van der Waals surface area (Å²) < 4.78 is 199. The highest BCUT2D eigenvalue weighted by molar-refractivity contribution is 5.98. The molecule has 0 spiro atoms. The molecule has 0 heterocycles. The molecule has 0 saturated carbocycles. The summed E-state index contributed by atoms with van der Waals surface area (Å²) in [7, 11) is 0. The van der Waals surface area contributed by atoms with Gasteiger partial charge in [-0.15, -0.1) is 0 Å². The van der Waals surface area contributed by atoms with E-state index in [1.165, 1.54) is 6.07 Å². The third kappa shape index (κ3) is 4.87. The van der Waals surface area contributed by atoms with Crippen LogP contribution in [0.15, 0.2) is 30.3 Å². The molecule has 0 aromatic heterocycles. The van der Waals surface area contributed by atoms with Gasteiger partial charge in [-0.3, -0.25) is 4.79 Å². The summed E-state index contributed by atoms with van der Waals surface area (Å²) >= 11 is 0. The van der Waals surface area contributed by atoms with Crippen LogP contribution in [0.1, 0.15) is 17.8 Å². The number of carbonyl (C=O) groups is 2. The van der Waals surface area contributed by atoms with E-state index in [-0.39, 0.29) is 7.43 Å². The zero-order valence-electron chi connectivity index (χ0n) is 15.5. The Kier molecular flexibility index (Phi) is 8.68. The Morgan fingerprint density at radius 1 is 0.600 bits per heavy atom. The molecule has 0 N–H and O–H groups in total. The maximum Gasteiger partial charge on any atom is 0.460 e. The quantitative estimate of drug-likeness (QED) is 0.203. The summed E-state index contributed by atoms with van der Waals surface area (Å²) in [6.07, 6.45) is -7.73. The van der Waals surface area contributed by atoms with Gasteiger partial charge in [-0.25, -0.2) is 4.79 Å². The Bertz CT molecular complexity index is 907. The molecule has 202 valence electrons. The number of carbonyl (C=O) groups excluding carboxylic acids is 2. The second-order valence-electron chi connectivity index (χ2n) is 6.31. The fourth-order valence-electron chi connectivity index (χ4n) is 2.02. The lowest BCUT2D eigenvalue weighted by atomic mass is 9.91. The fraction of sp³-hybridized carbons (Fsp3) is 0.529. The summed E-state index contributed by atoms with van der Waals surface area (Å²) in [6.45, 7) is -1.90. The normalized spacial score (nSPS) is 14.3. The van der Waals surface area contributed by atoms with Gasteiger partial charge in [0.2, 0.25) is 0 Å². The molecule has 0 aliphatic carbocycles. The highest BCUT2D eigenvalue weighted by atomic mass is 19.4. The van der Waals surface area contributed by atoms with Gasteiger partial charge in [-0.05, 0) is 0 Å². The van der Waals surface area contributed by atoms with Crippen LogP contribution in [0.4, 0.5) is 65.9 Å². The van der Waals surface area contributed by atoms with E-state index < -0.39 is 65.6 Å². The van der Waals surface area contributed by atoms with E-state index in [1.54, 1.807) is 0 Å². The molecule has 0 amide bonds. The Morgan fingerprint density at radius 3 is 1.37 bits per heavy atom. The molecule has 18 heteroatoms. The van der Waals surface area contributed by atoms with Gasteiger partial charge in [0, 0.05) is 5.56 Å². The Morgan fingerprint density at radius 2 is 0.971 bits per heavy atom. The minimum absolute atomic E-state index is 0. The van der Waals surface area contributed by atoms with E-state index in [1.807, 2.05) is 0 Å². The van der Waals surface area contributed by atoms with Crippen LogP contribution in [0.2, 0.25) is 0 Å². The molecule has 1 rings (SSSR count). The van der Waals surface area contributed by atoms with E-state index >= 15 is 0 Å². The molecule has 1 aromatic rings. The molecule has 0 radical (unpaired) electrons. The predicted molar refractivity (Wildman–Crippen MR) is 84.2 cm³/mol. The molecule has 0 saturated heterocycles. The highest BCUT2D eigenvalue weighted by Crippen LogP contribution is 2.62. The van der Waals surface area contributed by atoms with Crippen LogP contribution in [0.25, 0.3) is 0 Å². The van der Waals surface area contributed by atoms with Crippen LogP contribution >= 0.6 is 0 Å². The highest BCUT2D eigenvalue weighted by Gasteiger charge is 2.94. The van der Waals surface area contributed by atoms with Crippen molar-refractivity contribution < 1.29 is 80.2 Å². The van der Waals surface area contributed by atoms with E-state index in [9.17, 15) is 75.4 Å². The molecule has 35 heavy (non-hydrogen) atoms. The van der Waals surface area contributed by atoms with E-state index in [0.717, 1.165) is 24.3 Å². The van der Waals surface area contributed by atoms with Crippen LogP contribution in [0.3, 0.4) is 0 Å². The van der Waals surface area contributed by atoms with Crippen molar-refractivity contribution in [2.45, 2.75) is 49.1 Å². The predicted octanol–water partition coefficient (Wildman–Crippen LogP) is 6.42. The average Bonchev–Trinajstić information content (AvgIpc) is 2.70. The van der Waals surface area contributed by atoms with Crippen molar-refractivity contribution in [2.75, 3.05) is 6.61 Å². The lowest BCUT2D eigenvalue weighted by Crippen LogP contribution is -2.73. The van der Waals surface area contributed by atoms with Gasteiger partial charge in [0.15, 0.2) is 12.4 Å². The Labute approximate surface area is 184 Å². The van der Waals surface area contributed by atoms with Gasteiger partial charge in [0.25, 0.3) is 0 Å². The minimum atomic E-state index is -8.52. The molecule has 1 aromatic carbocycles. The number of halogens is 15. The van der Waals surface area contributed by atoms with Crippen LogP contribution in [-0.4, -0.2) is 60.1 Å². The number of ether oxygens (including phenoxy) is 1. The van der Waals surface area contributed by atoms with E-state index in [0.29, 0.717) is 0 Å². The molecule has 0 aliphatic heterocycles. The minimum Gasteiger partial charge on any atom is -0.453 e. The molecular formula is C17H11F15O3. The van der Waals surface area contributed by atoms with E-state index in [4.69, 9.17) is 0 Å². The van der Waals surface area contributed by atoms with Crippen LogP contribution in [0.5, 0.6) is 0 Å². The van der Waals surface area contributed by atoms with Crippen LogP contribution < -0.4 is 0 Å². The summed E-state index contributed by atoms with van der Waals surface area (Å²) in [5.74, 6) is -54.1. The second-order valence-corrected chi connectivity index (χ2v) is 6.31. The first-order valence-electron chi connectivity index (χ1n) is 8.00. The zero-order chi connectivity index (χ0) is 27.2. The Hall–Kier alpha value is -2.69. The average molecular weight is 548 g/mol. The summed E-state index contributed by atoms with van der Waals surface area (Å²) in [6, 6.07) is 5.49. The Balaban J connectivity index is 0.0000116. The third-order valence-electron chi connectivity index (χ3n) is 4.01. The van der Waals surface area contributed by atoms with Gasteiger partial charge in [0.05, 0.1) is 0 Å². The van der Waals surface area contributed by atoms with Crippen molar-refractivity contribution >= 4 is 11.8 Å². The van der Waals surface area contributed by atoms with Gasteiger partial charge in [-0.2, -0.15) is 65.9 Å². The maximum absolute atomic E-state index is 13.6. The topological polar surface area (TPSA) is 43.4 Å². The van der Waals surface area contributed by atoms with Gasteiger partial charge in [-0.1, -0.05) is 37.8 Å². The number of rotatable bonds is 9. The lowest BCUT2D eigenvalue weighted by Gasteiger charge is -2.40. The molecule has 0 aliphatic rings. The van der Waals surface area contributed by atoms with Crippen molar-refractivity contribution in [1.29, 1.82) is 0 Å². The van der Waals surface area contributed by atoms with Gasteiger partial charge >= 0.3 is 47.7 Å². The van der Waals surface area contributed by atoms with Gasteiger partial charge in [0.1, 0.15) is 0 Å². The molecular weight excluding hydrogens is 537 g/mol. The van der Waals surface area contributed by atoms with Crippen molar-refractivity contribution in [2.24, 2.45) is 0 Å². The number of hydrogen-bond acceptors (Lipinski definition) is 3. The first-order chi connectivity index (χ1) is 14.9. The molecule has 3 nitrogen and oxygen atoms in total. The SMILES string of the molecule is C.O=C(COC(=O)C(F)(F)C(F)(F)C(F)(F)C(F)(F)C(F)(F)C(F)(F)C(F)(F)F)c1ccccc1. The summed E-state index contributed by atoms with van der Waals surface area (Å²) in [5, 5.41) is 0. The van der Waals surface area contributed by atoms with Crippen molar-refractivity contribution in [3.05, 3.63) is 35.9 Å². The summed E-state index contributed by atoms with van der Waals surface area (Å²) in [4.78, 5) is 22.7. The lowest BCUT2D eigenvalue weighted by molar-refractivity contribution is -0.450. The first kappa shape index (κ1) is 32.3. The number of esters is 1. The molecule has 0 unspecified atom stereocenters. The van der Waals surface area contributed by atoms with Gasteiger partial charge < -0.3 is 4.74 Å². The second kappa shape index (κ2) is 9.40. The van der Waals surface area contributed by atoms with Crippen molar-refractivity contribution in [3.63, 3.8) is 0 Å². The monoisotopic (exact) mass is 548 g/mol. The first-order valence-corrected chi connectivity index (χ1v) is 8.00. The van der Waals surface area contributed by atoms with Crippen LogP contribution in [0, 0.1) is 0 Å². The molecule has 0 fully saturated rings. The largest absolute Gasteiger partial charge is 0.460 e. The standard InChI is InChI=1S/C16H7F15O3.CH4/c17-10(18,9(33)34-6-8(32)7-4-2-1-3-5-7)11(19,20)12(21,22)13(23,24)14(25,26)15(27,28)16(29,30)31;/h1-5H,6H2;1H4. The van der Waals surface area contributed by atoms with Crippen LogP contribution in [-0.2, 0) is 9.53 Å². The maximum atomic E-state index is 13.6. The number of ketones is 1. The molecule has 0 atom stereocenters. The molecule has 0 bridgehead atoms. The van der Waals surface area contributed by atoms with E-state index in [2.05, 4.69) is 4.74 Å². The number of hydrogen-bond donors (Lipinski definition) is 0. The smallest absolute Gasteiger partial charge is 0.453 e. The summed E-state index contributed by atoms with van der Waals surface area (Å²) in [5.41, 5.74) is -0.434. The fourth-order valence-corrected chi connectivity index (χ4v) is 2.02. The zero-order valence-corrected chi connectivity index (χ0v) is 15.5. The number of benzene rings is 1. The third-order valence-corrected chi connectivity index (χ3v) is 4.01.